The van der Waals surface area contributed by atoms with E-state index in [4.69, 9.17) is 0 Å². The van der Waals surface area contributed by atoms with Crippen molar-refractivity contribution in [1.82, 2.24) is 15.0 Å². The minimum absolute atomic E-state index is 0.221. The number of benzene rings is 4. The van der Waals surface area contributed by atoms with Gasteiger partial charge in [-0.2, -0.15) is 48.6 Å². The van der Waals surface area contributed by atoms with E-state index >= 15 is 0 Å². The smallest absolute Gasteiger partial charge is 0.294 e. The number of anilines is 4. The Morgan fingerprint density at radius 3 is 1.11 bits per heavy atom. The van der Waals surface area contributed by atoms with E-state index in [0.717, 1.165) is 36.4 Å². The van der Waals surface area contributed by atoms with Crippen LogP contribution in [0, 0.1) is 6.33 Å². The topological polar surface area (TPSA) is 321 Å². The van der Waals surface area contributed by atoms with Crippen LogP contribution in [-0.2, 0) is 40.5 Å². The Bertz CT molecular complexity index is 2380. The molecule has 0 fully saturated rings. The van der Waals surface area contributed by atoms with Crippen molar-refractivity contribution < 1.29 is 62.1 Å². The van der Waals surface area contributed by atoms with Gasteiger partial charge >= 0.3 is 0 Å². The summed E-state index contributed by atoms with van der Waals surface area (Å²) in [5, 5.41) is 25.2. The second kappa shape index (κ2) is 11.0. The normalized spacial score (nSPS) is 12.8. The van der Waals surface area contributed by atoms with Gasteiger partial charge in [-0.1, -0.05) is 0 Å². The third kappa shape index (κ3) is 6.60. The van der Waals surface area contributed by atoms with Gasteiger partial charge in [0.25, 0.3) is 40.5 Å². The Balaban J connectivity index is 1.64. The predicted octanol–water partition coefficient (Wildman–Crippen LogP) is 1.86. The number of aromatic hydroxyl groups is 2. The van der Waals surface area contributed by atoms with Gasteiger partial charge in [-0.05, 0) is 47.2 Å². The molecular weight excluding hydrogens is 699 g/mol. The number of hydrogen-bond donors (Lipinski definition) is 8. The molecule has 0 unspecified atom stereocenters. The molecule has 8 N–H and O–H groups in total. The van der Waals surface area contributed by atoms with Gasteiger partial charge in [0.1, 0.15) is 11.5 Å². The molecule has 0 aliphatic carbocycles. The molecule has 1 aromatic heterocycles. The van der Waals surface area contributed by atoms with Gasteiger partial charge in [0.05, 0.1) is 31.0 Å². The molecule has 0 atom stereocenters. The molecule has 46 heavy (non-hydrogen) atoms. The average Bonchev–Trinajstić information content (AvgIpc) is 2.90. The maximum atomic E-state index is 11.9. The van der Waals surface area contributed by atoms with Crippen LogP contribution in [0.4, 0.5) is 23.3 Å². The largest absolute Gasteiger partial charge is 0.507 e. The van der Waals surface area contributed by atoms with E-state index in [1.807, 2.05) is 0 Å². The zero-order valence-corrected chi connectivity index (χ0v) is 25.3. The third-order valence-electron chi connectivity index (χ3n) is 6.16. The van der Waals surface area contributed by atoms with Crippen LogP contribution in [0.2, 0.25) is 0 Å². The van der Waals surface area contributed by atoms with Gasteiger partial charge < -0.3 is 20.8 Å². The van der Waals surface area contributed by atoms with Gasteiger partial charge in [0.2, 0.25) is 18.2 Å². The molecule has 241 valence electrons. The highest BCUT2D eigenvalue weighted by atomic mass is 32.2. The van der Waals surface area contributed by atoms with Crippen molar-refractivity contribution in [2.24, 2.45) is 0 Å². The Morgan fingerprint density at radius 2 is 0.804 bits per heavy atom. The Hall–Kier alpha value is -4.75. The zero-order chi connectivity index (χ0) is 34.0. The number of phenolic OH excluding ortho intramolecular Hbond substituents is 2. The highest BCUT2D eigenvalue weighted by Gasteiger charge is 2.22. The number of nitrogens with zero attached hydrogens (tertiary/aromatic N) is 3. The fourth-order valence-electron chi connectivity index (χ4n) is 4.29. The molecule has 1 radical (unpaired) electrons. The summed E-state index contributed by atoms with van der Waals surface area (Å²) in [5.74, 6) is -2.42. The quantitative estimate of drug-likeness (QED) is 0.106. The summed E-state index contributed by atoms with van der Waals surface area (Å²) >= 11 is 0. The van der Waals surface area contributed by atoms with Gasteiger partial charge in [-0.15, -0.1) is 0 Å². The summed E-state index contributed by atoms with van der Waals surface area (Å²) < 4.78 is 132. The highest BCUT2D eigenvalue weighted by molar-refractivity contribution is 7.86. The molecule has 19 nitrogen and oxygen atoms in total. The number of nitrogens with one attached hydrogen (secondary N) is 2. The van der Waals surface area contributed by atoms with Crippen LogP contribution in [-0.4, -0.2) is 77.0 Å². The van der Waals surface area contributed by atoms with Crippen molar-refractivity contribution in [2.45, 2.75) is 19.6 Å². The molecule has 0 spiro atoms. The Labute approximate surface area is 258 Å². The SMILES string of the molecule is O=S(=O)(O)c1cc(O)c2c(Nc3n[c]nc(Nc4cc(S(=O)(=O)O)cc5cc(S(=O)(=O)O)cc(O)c45)n3)cc(S(=O)(=O)O)cc2c1. The van der Waals surface area contributed by atoms with E-state index in [-0.39, 0.29) is 32.9 Å². The van der Waals surface area contributed by atoms with Crippen molar-refractivity contribution in [1.29, 1.82) is 0 Å². The lowest BCUT2D eigenvalue weighted by atomic mass is 10.1. The second-order valence-corrected chi connectivity index (χ2v) is 14.9. The predicted molar refractivity (Wildman–Crippen MR) is 156 cm³/mol. The lowest BCUT2D eigenvalue weighted by Gasteiger charge is -2.14. The number of phenols is 2. The molecule has 5 rings (SSSR count). The number of fused-ring (bicyclic) bond motifs is 2. The molecule has 0 aliphatic heterocycles. The van der Waals surface area contributed by atoms with Crippen LogP contribution >= 0.6 is 0 Å². The summed E-state index contributed by atoms with van der Waals surface area (Å²) in [4.78, 5) is 8.29. The van der Waals surface area contributed by atoms with Crippen LogP contribution in [0.15, 0.2) is 68.1 Å². The van der Waals surface area contributed by atoms with E-state index in [1.54, 1.807) is 0 Å². The molecule has 23 heteroatoms. The zero-order valence-electron chi connectivity index (χ0n) is 22.0. The van der Waals surface area contributed by atoms with Crippen molar-refractivity contribution in [3.05, 3.63) is 54.9 Å². The second-order valence-electron chi connectivity index (χ2n) is 9.26. The van der Waals surface area contributed by atoms with Crippen molar-refractivity contribution in [2.75, 3.05) is 10.6 Å². The molecule has 0 aliphatic rings. The number of hydrogen-bond acceptors (Lipinski definition) is 15. The maximum Gasteiger partial charge on any atom is 0.294 e. The monoisotopic (exact) mass is 714 g/mol. The summed E-state index contributed by atoms with van der Waals surface area (Å²) in [5.41, 5.74) is -0.631. The maximum absolute atomic E-state index is 11.9. The van der Waals surface area contributed by atoms with Crippen molar-refractivity contribution in [3.63, 3.8) is 0 Å². The van der Waals surface area contributed by atoms with E-state index in [0.29, 0.717) is 12.1 Å². The molecule has 0 saturated heterocycles. The van der Waals surface area contributed by atoms with Crippen molar-refractivity contribution in [3.8, 4) is 11.5 Å². The minimum Gasteiger partial charge on any atom is -0.507 e. The summed E-state index contributed by atoms with van der Waals surface area (Å²) in [6.45, 7) is 0. The molecule has 1 heterocycles. The molecule has 0 amide bonds. The van der Waals surface area contributed by atoms with E-state index in [1.165, 1.54) is 0 Å². The molecular formula is C23H16N5O14S4. The van der Waals surface area contributed by atoms with Gasteiger partial charge in [-0.3, -0.25) is 18.2 Å². The van der Waals surface area contributed by atoms with Gasteiger partial charge in [0.15, 0.2) is 0 Å². The van der Waals surface area contributed by atoms with E-state index in [9.17, 15) is 62.1 Å². The first-order chi connectivity index (χ1) is 21.1. The first kappa shape index (κ1) is 32.6. The summed E-state index contributed by atoms with van der Waals surface area (Å²) in [6, 6.07) is 6.22. The van der Waals surface area contributed by atoms with Crippen LogP contribution in [0.5, 0.6) is 11.5 Å². The lowest BCUT2D eigenvalue weighted by Crippen LogP contribution is -2.06. The Kier molecular flexibility index (Phi) is 7.77. The lowest BCUT2D eigenvalue weighted by molar-refractivity contribution is 0.470. The summed E-state index contributed by atoms with van der Waals surface area (Å²) in [6.07, 6.45) is 2.17. The van der Waals surface area contributed by atoms with Crippen molar-refractivity contribution >= 4 is 85.3 Å². The van der Waals surface area contributed by atoms with Crippen LogP contribution in [0.25, 0.3) is 21.5 Å². The first-order valence-electron chi connectivity index (χ1n) is 11.8. The highest BCUT2D eigenvalue weighted by Crippen LogP contribution is 2.39. The average molecular weight is 715 g/mol. The molecule has 5 aromatic rings. The van der Waals surface area contributed by atoms with Crippen LogP contribution in [0.3, 0.4) is 0 Å². The standard InChI is InChI=1S/C23H16N5O14S4/c29-18-7-14(45(37,38)39)3-10-1-12(43(31,32)33)5-16(20(10)18)26-22-24-9-25-23(28-22)27-17-6-13(44(34,35)36)2-11-4-15(46(40,41)42)8-19(30)21(11)17/h1-8,29-30H,(H,31,32,33)(H,34,35,36)(H,37,38,39)(H,40,41,42)(H2,24,25,26,27,28). The third-order valence-corrected chi connectivity index (χ3v) is 9.48. The fourth-order valence-corrected chi connectivity index (χ4v) is 6.45. The molecule has 0 saturated carbocycles. The molecule has 4 aromatic carbocycles. The molecule has 0 bridgehead atoms. The van der Waals surface area contributed by atoms with Gasteiger partial charge in [-0.25, -0.2) is 0 Å². The van der Waals surface area contributed by atoms with Gasteiger partial charge in [0, 0.05) is 22.9 Å². The first-order valence-corrected chi connectivity index (χ1v) is 17.5. The minimum atomic E-state index is -4.93. The number of aromatic nitrogens is 3. The number of rotatable bonds is 8. The fraction of sp³-hybridized carbons (Fsp3) is 0. The van der Waals surface area contributed by atoms with E-state index < -0.39 is 83.5 Å². The van der Waals surface area contributed by atoms with Crippen LogP contribution < -0.4 is 10.6 Å². The Morgan fingerprint density at radius 1 is 0.500 bits per heavy atom. The summed E-state index contributed by atoms with van der Waals surface area (Å²) in [7, 11) is -19.6. The van der Waals surface area contributed by atoms with E-state index in [2.05, 4.69) is 31.9 Å². The van der Waals surface area contributed by atoms with Crippen LogP contribution in [0.1, 0.15) is 0 Å².